The van der Waals surface area contributed by atoms with Gasteiger partial charge in [-0.2, -0.15) is 5.26 Å². The molecule has 1 saturated heterocycles. The van der Waals surface area contributed by atoms with Gasteiger partial charge in [0, 0.05) is 43.5 Å². The molecule has 0 bridgehead atoms. The van der Waals surface area contributed by atoms with E-state index in [1.54, 1.807) is 7.11 Å². The van der Waals surface area contributed by atoms with Crippen LogP contribution in [0.1, 0.15) is 19.4 Å². The van der Waals surface area contributed by atoms with E-state index >= 15 is 0 Å². The highest BCUT2D eigenvalue weighted by Crippen LogP contribution is 2.34. The largest absolute Gasteiger partial charge is 0.496 e. The Hall–Kier alpha value is -1.73. The quantitative estimate of drug-likeness (QED) is 0.900. The molecule has 4 heteroatoms. The number of anilines is 1. The highest BCUT2D eigenvalue weighted by atomic mass is 16.5. The number of piperazine rings is 1. The second-order valence-electron chi connectivity index (χ2n) is 5.36. The molecule has 0 saturated carbocycles. The summed E-state index contributed by atoms with van der Waals surface area (Å²) < 4.78 is 5.47. The molecule has 1 aromatic rings. The minimum absolute atomic E-state index is 0.534. The molecule has 0 amide bonds. The summed E-state index contributed by atoms with van der Waals surface area (Å²) in [6.45, 7) is 7.85. The molecule has 0 spiro atoms. The fourth-order valence-electron chi connectivity index (χ4n) is 2.38. The minimum Gasteiger partial charge on any atom is -0.496 e. The van der Waals surface area contributed by atoms with E-state index in [2.05, 4.69) is 22.4 Å². The van der Waals surface area contributed by atoms with Crippen LogP contribution in [0.15, 0.2) is 18.2 Å². The second-order valence-corrected chi connectivity index (χ2v) is 5.36. The summed E-state index contributed by atoms with van der Waals surface area (Å²) in [5, 5.41) is 12.6. The van der Waals surface area contributed by atoms with Gasteiger partial charge in [0.2, 0.25) is 0 Å². The molecule has 0 aliphatic carbocycles. The van der Waals surface area contributed by atoms with Crippen LogP contribution in [0.3, 0.4) is 0 Å². The SMILES string of the molecule is COc1cc(N2CCNCC2)ccc1C(C)(C)C#N. The lowest BCUT2D eigenvalue weighted by molar-refractivity contribution is 0.402. The van der Waals surface area contributed by atoms with Gasteiger partial charge in [-0.1, -0.05) is 6.07 Å². The molecular weight excluding hydrogens is 238 g/mol. The lowest BCUT2D eigenvalue weighted by Crippen LogP contribution is -2.43. The standard InChI is InChI=1S/C15H21N3O/c1-15(2,11-16)13-5-4-12(10-14(13)19-3)18-8-6-17-7-9-18/h4-5,10,17H,6-9H2,1-3H3. The van der Waals surface area contributed by atoms with Crippen molar-refractivity contribution in [3.05, 3.63) is 23.8 Å². The summed E-state index contributed by atoms with van der Waals surface area (Å²) in [7, 11) is 1.66. The van der Waals surface area contributed by atoms with E-state index in [9.17, 15) is 5.26 Å². The summed E-state index contributed by atoms with van der Waals surface area (Å²) >= 11 is 0. The van der Waals surface area contributed by atoms with Gasteiger partial charge in [-0.3, -0.25) is 0 Å². The maximum atomic E-state index is 9.26. The Morgan fingerprint density at radius 1 is 1.32 bits per heavy atom. The minimum atomic E-state index is -0.534. The van der Waals surface area contributed by atoms with E-state index in [-0.39, 0.29) is 0 Å². The highest BCUT2D eigenvalue weighted by Gasteiger charge is 2.25. The fourth-order valence-corrected chi connectivity index (χ4v) is 2.38. The van der Waals surface area contributed by atoms with Crippen LogP contribution < -0.4 is 15.0 Å². The number of methoxy groups -OCH3 is 1. The van der Waals surface area contributed by atoms with Crippen molar-refractivity contribution in [3.63, 3.8) is 0 Å². The topological polar surface area (TPSA) is 48.3 Å². The Morgan fingerprint density at radius 2 is 2.00 bits per heavy atom. The third kappa shape index (κ3) is 2.82. The third-order valence-electron chi connectivity index (χ3n) is 3.62. The molecule has 19 heavy (non-hydrogen) atoms. The van der Waals surface area contributed by atoms with Crippen LogP contribution >= 0.6 is 0 Å². The maximum Gasteiger partial charge on any atom is 0.125 e. The first-order valence-electron chi connectivity index (χ1n) is 6.64. The zero-order valence-corrected chi connectivity index (χ0v) is 11.9. The summed E-state index contributed by atoms with van der Waals surface area (Å²) in [4.78, 5) is 2.34. The molecule has 2 rings (SSSR count). The molecule has 4 nitrogen and oxygen atoms in total. The Morgan fingerprint density at radius 3 is 2.58 bits per heavy atom. The molecule has 0 radical (unpaired) electrons. The van der Waals surface area contributed by atoms with Crippen LogP contribution in [0.2, 0.25) is 0 Å². The molecule has 0 aromatic heterocycles. The molecule has 1 heterocycles. The van der Waals surface area contributed by atoms with Crippen LogP contribution in [0.4, 0.5) is 5.69 Å². The van der Waals surface area contributed by atoms with Gasteiger partial charge >= 0.3 is 0 Å². The van der Waals surface area contributed by atoms with Crippen LogP contribution in [0.25, 0.3) is 0 Å². The summed E-state index contributed by atoms with van der Waals surface area (Å²) in [5.41, 5.74) is 1.57. The lowest BCUT2D eigenvalue weighted by Gasteiger charge is -2.30. The first-order valence-corrected chi connectivity index (χ1v) is 6.64. The van der Waals surface area contributed by atoms with E-state index < -0.39 is 5.41 Å². The van der Waals surface area contributed by atoms with E-state index in [1.165, 1.54) is 0 Å². The summed E-state index contributed by atoms with van der Waals surface area (Å²) in [6.07, 6.45) is 0. The van der Waals surface area contributed by atoms with Crippen LogP contribution in [-0.2, 0) is 5.41 Å². The third-order valence-corrected chi connectivity index (χ3v) is 3.62. The monoisotopic (exact) mass is 259 g/mol. The van der Waals surface area contributed by atoms with Crippen LogP contribution in [0.5, 0.6) is 5.75 Å². The average molecular weight is 259 g/mol. The maximum absolute atomic E-state index is 9.26. The second kappa shape index (κ2) is 5.50. The van der Waals surface area contributed by atoms with Gasteiger partial charge in [0.15, 0.2) is 0 Å². The number of ether oxygens (including phenoxy) is 1. The van der Waals surface area contributed by atoms with Crippen molar-refractivity contribution in [2.45, 2.75) is 19.3 Å². The van der Waals surface area contributed by atoms with E-state index in [4.69, 9.17) is 4.74 Å². The van der Waals surface area contributed by atoms with E-state index in [1.807, 2.05) is 26.0 Å². The Kier molecular flexibility index (Phi) is 3.96. The van der Waals surface area contributed by atoms with Gasteiger partial charge in [0.05, 0.1) is 18.6 Å². The molecule has 1 aliphatic rings. The van der Waals surface area contributed by atoms with Gasteiger partial charge in [-0.25, -0.2) is 0 Å². The Balaban J connectivity index is 2.33. The predicted molar refractivity (Wildman–Crippen MR) is 76.7 cm³/mol. The first-order chi connectivity index (χ1) is 9.08. The number of nitriles is 1. The molecule has 1 aromatic carbocycles. The van der Waals surface area contributed by atoms with Crippen LogP contribution in [-0.4, -0.2) is 33.3 Å². The predicted octanol–water partition coefficient (Wildman–Crippen LogP) is 1.91. The van der Waals surface area contributed by atoms with Gasteiger partial charge in [-0.05, 0) is 19.9 Å². The zero-order chi connectivity index (χ0) is 13.9. The molecule has 1 aliphatic heterocycles. The van der Waals surface area contributed by atoms with Crippen molar-refractivity contribution in [1.29, 1.82) is 5.26 Å². The number of rotatable bonds is 3. The average Bonchev–Trinajstić information content (AvgIpc) is 2.47. The van der Waals surface area contributed by atoms with E-state index in [0.717, 1.165) is 43.2 Å². The Labute approximate surface area is 115 Å². The van der Waals surface area contributed by atoms with Crippen molar-refractivity contribution in [3.8, 4) is 11.8 Å². The number of hydrogen-bond donors (Lipinski definition) is 1. The summed E-state index contributed by atoms with van der Waals surface area (Å²) in [6, 6.07) is 8.47. The summed E-state index contributed by atoms with van der Waals surface area (Å²) in [5.74, 6) is 0.794. The number of nitrogens with one attached hydrogen (secondary N) is 1. The van der Waals surface area contributed by atoms with Gasteiger partial charge in [-0.15, -0.1) is 0 Å². The Bertz CT molecular complexity index is 485. The lowest BCUT2D eigenvalue weighted by atomic mass is 9.85. The smallest absolute Gasteiger partial charge is 0.125 e. The van der Waals surface area contributed by atoms with Gasteiger partial charge < -0.3 is 15.0 Å². The molecule has 1 fully saturated rings. The van der Waals surface area contributed by atoms with Crippen molar-refractivity contribution in [2.75, 3.05) is 38.2 Å². The van der Waals surface area contributed by atoms with Gasteiger partial charge in [0.1, 0.15) is 5.75 Å². The van der Waals surface area contributed by atoms with Gasteiger partial charge in [0.25, 0.3) is 0 Å². The number of benzene rings is 1. The van der Waals surface area contributed by atoms with Crippen molar-refractivity contribution in [2.24, 2.45) is 0 Å². The molecule has 0 unspecified atom stereocenters. The van der Waals surface area contributed by atoms with Crippen LogP contribution in [0, 0.1) is 11.3 Å². The normalized spacial score (nSPS) is 16.0. The molecule has 102 valence electrons. The highest BCUT2D eigenvalue weighted by molar-refractivity contribution is 5.56. The molecular formula is C15H21N3O. The fraction of sp³-hybridized carbons (Fsp3) is 0.533. The first kappa shape index (κ1) is 13.7. The molecule has 1 N–H and O–H groups in total. The van der Waals surface area contributed by atoms with E-state index in [0.29, 0.717) is 0 Å². The zero-order valence-electron chi connectivity index (χ0n) is 11.9. The van der Waals surface area contributed by atoms with Crippen molar-refractivity contribution in [1.82, 2.24) is 5.32 Å². The number of hydrogen-bond acceptors (Lipinski definition) is 4. The van der Waals surface area contributed by atoms with Crippen molar-refractivity contribution >= 4 is 5.69 Å². The van der Waals surface area contributed by atoms with Crippen molar-refractivity contribution < 1.29 is 4.74 Å². The molecule has 0 atom stereocenters. The number of nitrogens with zero attached hydrogens (tertiary/aromatic N) is 2.